The first-order valence-corrected chi connectivity index (χ1v) is 10.8. The highest BCUT2D eigenvalue weighted by Gasteiger charge is 2.17. The predicted molar refractivity (Wildman–Crippen MR) is 134 cm³/mol. The Kier molecular flexibility index (Phi) is 6.87. The summed E-state index contributed by atoms with van der Waals surface area (Å²) in [5.41, 5.74) is 2.39. The first-order valence-electron chi connectivity index (χ1n) is 10.8. The topological polar surface area (TPSA) is 76.0 Å². The van der Waals surface area contributed by atoms with Crippen molar-refractivity contribution in [1.82, 2.24) is 4.57 Å². The van der Waals surface area contributed by atoms with Crippen molar-refractivity contribution in [2.24, 2.45) is 0 Å². The molecule has 0 aliphatic rings. The number of para-hydroxylation sites is 1. The van der Waals surface area contributed by atoms with Crippen molar-refractivity contribution in [1.29, 1.82) is 0 Å². The average Bonchev–Trinajstić information content (AvgIpc) is 3.29. The van der Waals surface area contributed by atoms with Gasteiger partial charge < -0.3 is 18.9 Å². The van der Waals surface area contributed by atoms with Crippen LogP contribution in [0.1, 0.15) is 26.3 Å². The molecule has 35 heavy (non-hydrogen) atoms. The van der Waals surface area contributed by atoms with E-state index >= 15 is 0 Å². The molecule has 1 aromatic heterocycles. The summed E-state index contributed by atoms with van der Waals surface area (Å²) in [5.74, 6) is 1.45. The number of aromatic nitrogens is 1. The molecule has 0 N–H and O–H groups in total. The largest absolute Gasteiger partial charge is 0.497 e. The summed E-state index contributed by atoms with van der Waals surface area (Å²) in [6.45, 7) is 0. The molecule has 7 nitrogen and oxygen atoms in total. The van der Waals surface area contributed by atoms with Crippen molar-refractivity contribution in [3.8, 4) is 23.0 Å². The Morgan fingerprint density at radius 1 is 0.771 bits per heavy atom. The number of nitrogens with zero attached hydrogens (tertiary/aromatic N) is 1. The highest BCUT2D eigenvalue weighted by Crippen LogP contribution is 2.38. The summed E-state index contributed by atoms with van der Waals surface area (Å²) in [4.78, 5) is 26.2. The highest BCUT2D eigenvalue weighted by molar-refractivity contribution is 6.09. The third-order valence-corrected chi connectivity index (χ3v) is 5.66. The second-order valence-electron chi connectivity index (χ2n) is 7.62. The molecule has 0 spiro atoms. The summed E-state index contributed by atoms with van der Waals surface area (Å²) < 4.78 is 22.8. The Morgan fingerprint density at radius 3 is 2.03 bits per heavy atom. The van der Waals surface area contributed by atoms with Gasteiger partial charge in [-0.25, -0.2) is 0 Å². The SMILES string of the molecule is COc1ccc(C(=O)n2cc(C=CC(=O)c3cc(OC)c(OC)c(OC)c3)c3ccccc32)cc1. The third-order valence-electron chi connectivity index (χ3n) is 5.66. The number of ether oxygens (including phenoxy) is 4. The summed E-state index contributed by atoms with van der Waals surface area (Å²) in [6.07, 6.45) is 4.90. The van der Waals surface area contributed by atoms with Crippen molar-refractivity contribution < 1.29 is 28.5 Å². The number of carbonyl (C=O) groups excluding carboxylic acids is 2. The number of benzene rings is 3. The molecule has 0 amide bonds. The molecule has 4 rings (SSSR count). The molecule has 0 radical (unpaired) electrons. The van der Waals surface area contributed by atoms with Crippen LogP contribution in [0.3, 0.4) is 0 Å². The normalized spacial score (nSPS) is 11.0. The van der Waals surface area contributed by atoms with Gasteiger partial charge in [0.15, 0.2) is 17.3 Å². The van der Waals surface area contributed by atoms with E-state index in [-0.39, 0.29) is 11.7 Å². The number of ketones is 1. The van der Waals surface area contributed by atoms with E-state index in [1.54, 1.807) is 60.3 Å². The van der Waals surface area contributed by atoms with Gasteiger partial charge in [-0.2, -0.15) is 0 Å². The molecule has 3 aromatic carbocycles. The molecule has 0 fully saturated rings. The van der Waals surface area contributed by atoms with Gasteiger partial charge in [-0.3, -0.25) is 14.2 Å². The fraction of sp³-hybridized carbons (Fsp3) is 0.143. The maximum atomic E-state index is 13.2. The lowest BCUT2D eigenvalue weighted by atomic mass is 10.1. The van der Waals surface area contributed by atoms with Crippen LogP contribution in [0.5, 0.6) is 23.0 Å². The van der Waals surface area contributed by atoms with Crippen molar-refractivity contribution in [3.05, 3.63) is 89.6 Å². The van der Waals surface area contributed by atoms with Crippen molar-refractivity contribution >= 4 is 28.7 Å². The zero-order chi connectivity index (χ0) is 24.9. The van der Waals surface area contributed by atoms with E-state index in [4.69, 9.17) is 18.9 Å². The van der Waals surface area contributed by atoms with Gasteiger partial charge in [-0.1, -0.05) is 18.2 Å². The number of hydrogen-bond acceptors (Lipinski definition) is 6. The quantitative estimate of drug-likeness (QED) is 0.258. The molecule has 0 unspecified atom stereocenters. The molecular formula is C28H25NO6. The van der Waals surface area contributed by atoms with E-state index in [9.17, 15) is 9.59 Å². The molecule has 0 aliphatic heterocycles. The third kappa shape index (κ3) is 4.61. The van der Waals surface area contributed by atoms with Crippen LogP contribution in [0, 0.1) is 0 Å². The first kappa shape index (κ1) is 23.6. The molecule has 0 saturated carbocycles. The van der Waals surface area contributed by atoms with Gasteiger partial charge in [0.2, 0.25) is 5.75 Å². The molecule has 178 valence electrons. The Balaban J connectivity index is 1.69. The summed E-state index contributed by atoms with van der Waals surface area (Å²) >= 11 is 0. The lowest BCUT2D eigenvalue weighted by molar-refractivity contribution is 0.0964. The first-order chi connectivity index (χ1) is 17.0. The fourth-order valence-corrected chi connectivity index (χ4v) is 3.86. The van der Waals surface area contributed by atoms with E-state index in [0.717, 1.165) is 16.5 Å². The van der Waals surface area contributed by atoms with Gasteiger partial charge in [0, 0.05) is 28.3 Å². The van der Waals surface area contributed by atoms with Gasteiger partial charge in [0.25, 0.3) is 5.91 Å². The summed E-state index contributed by atoms with van der Waals surface area (Å²) in [7, 11) is 6.07. The van der Waals surface area contributed by atoms with Crippen molar-refractivity contribution in [2.75, 3.05) is 28.4 Å². The Labute approximate surface area is 203 Å². The van der Waals surface area contributed by atoms with Gasteiger partial charge in [0.05, 0.1) is 34.0 Å². The minimum Gasteiger partial charge on any atom is -0.497 e. The number of allylic oxidation sites excluding steroid dienone is 1. The second kappa shape index (κ2) is 10.2. The Hall–Kier alpha value is -4.52. The van der Waals surface area contributed by atoms with Crippen LogP contribution >= 0.6 is 0 Å². The lowest BCUT2D eigenvalue weighted by Crippen LogP contribution is -2.10. The van der Waals surface area contributed by atoms with Gasteiger partial charge in [0.1, 0.15) is 5.75 Å². The minimum absolute atomic E-state index is 0.181. The molecule has 0 atom stereocenters. The molecule has 0 saturated heterocycles. The van der Waals surface area contributed by atoms with E-state index in [1.807, 2.05) is 24.3 Å². The molecule has 7 heteroatoms. The van der Waals surface area contributed by atoms with Crippen molar-refractivity contribution in [2.45, 2.75) is 0 Å². The number of fused-ring (bicyclic) bond motifs is 1. The molecule has 0 bridgehead atoms. The van der Waals surface area contributed by atoms with Crippen LogP contribution < -0.4 is 18.9 Å². The second-order valence-corrected chi connectivity index (χ2v) is 7.62. The maximum Gasteiger partial charge on any atom is 0.262 e. The highest BCUT2D eigenvalue weighted by atomic mass is 16.5. The monoisotopic (exact) mass is 471 g/mol. The zero-order valence-electron chi connectivity index (χ0n) is 19.9. The number of rotatable bonds is 8. The van der Waals surface area contributed by atoms with Crippen LogP contribution in [0.15, 0.2) is 72.9 Å². The van der Waals surface area contributed by atoms with Crippen molar-refractivity contribution in [3.63, 3.8) is 0 Å². The van der Waals surface area contributed by atoms with Gasteiger partial charge in [-0.05, 0) is 54.6 Å². The van der Waals surface area contributed by atoms with Crippen LogP contribution in [-0.2, 0) is 0 Å². The number of carbonyl (C=O) groups is 2. The Bertz CT molecular complexity index is 1390. The van der Waals surface area contributed by atoms with Gasteiger partial charge in [-0.15, -0.1) is 0 Å². The van der Waals surface area contributed by atoms with Crippen LogP contribution in [0.2, 0.25) is 0 Å². The summed E-state index contributed by atoms with van der Waals surface area (Å²) in [6, 6.07) is 17.7. The lowest BCUT2D eigenvalue weighted by Gasteiger charge is -2.13. The number of hydrogen-bond donors (Lipinski definition) is 0. The molecule has 1 heterocycles. The van der Waals surface area contributed by atoms with E-state index in [0.29, 0.717) is 34.1 Å². The van der Waals surface area contributed by atoms with E-state index in [2.05, 4.69) is 0 Å². The molecule has 0 aliphatic carbocycles. The van der Waals surface area contributed by atoms with Crippen LogP contribution in [-0.4, -0.2) is 44.7 Å². The van der Waals surface area contributed by atoms with Gasteiger partial charge >= 0.3 is 0 Å². The fourth-order valence-electron chi connectivity index (χ4n) is 3.86. The van der Waals surface area contributed by atoms with Crippen LogP contribution in [0.25, 0.3) is 17.0 Å². The van der Waals surface area contributed by atoms with E-state index in [1.165, 1.54) is 27.4 Å². The van der Waals surface area contributed by atoms with E-state index < -0.39 is 0 Å². The average molecular weight is 472 g/mol. The predicted octanol–water partition coefficient (Wildman–Crippen LogP) is 5.26. The molecule has 4 aromatic rings. The molecular weight excluding hydrogens is 446 g/mol. The number of methoxy groups -OCH3 is 4. The maximum absolute atomic E-state index is 13.2. The zero-order valence-corrected chi connectivity index (χ0v) is 19.9. The standard InChI is InChI=1S/C28H25NO6/c1-32-21-12-9-18(10-13-21)28(31)29-17-19(22-7-5-6-8-23(22)29)11-14-24(30)20-15-25(33-2)27(35-4)26(16-20)34-3/h5-17H,1-4H3. The smallest absolute Gasteiger partial charge is 0.262 e. The Morgan fingerprint density at radius 2 is 1.43 bits per heavy atom. The van der Waals surface area contributed by atoms with Crippen LogP contribution in [0.4, 0.5) is 0 Å². The summed E-state index contributed by atoms with van der Waals surface area (Å²) in [5, 5.41) is 0.850. The minimum atomic E-state index is -0.248.